The molecule has 2 aromatic carbocycles. The van der Waals surface area contributed by atoms with E-state index >= 15 is 0 Å². The van der Waals surface area contributed by atoms with Crippen molar-refractivity contribution in [1.82, 2.24) is 10.6 Å². The number of ether oxygens (including phenoxy) is 1. The first-order chi connectivity index (χ1) is 15.5. The molecule has 0 spiro atoms. The molecule has 3 rings (SSSR count). The van der Waals surface area contributed by atoms with Crippen molar-refractivity contribution in [2.75, 3.05) is 6.61 Å². The molecule has 0 aliphatic heterocycles. The monoisotopic (exact) mass is 438 g/mol. The molecule has 7 nitrogen and oxygen atoms in total. The molecule has 0 saturated carbocycles. The Bertz CT molecular complexity index is 929. The lowest BCUT2D eigenvalue weighted by Crippen LogP contribution is -2.51. The molecule has 3 N–H and O–H groups in total. The van der Waals surface area contributed by atoms with Crippen LogP contribution in [0.3, 0.4) is 0 Å². The molecule has 7 heteroatoms. The van der Waals surface area contributed by atoms with Crippen molar-refractivity contribution in [2.45, 2.75) is 57.5 Å². The quantitative estimate of drug-likeness (QED) is 0.519. The minimum atomic E-state index is -1.08. The number of aliphatic carboxylic acids is 1. The lowest BCUT2D eigenvalue weighted by atomic mass is 9.98. The van der Waals surface area contributed by atoms with Gasteiger partial charge in [-0.25, -0.2) is 9.59 Å². The Morgan fingerprint density at radius 3 is 2.06 bits per heavy atom. The van der Waals surface area contributed by atoms with Crippen LogP contribution in [-0.4, -0.2) is 41.8 Å². The minimum absolute atomic E-state index is 0.0764. The topological polar surface area (TPSA) is 105 Å². The van der Waals surface area contributed by atoms with Crippen LogP contribution in [0, 0.1) is 0 Å². The van der Waals surface area contributed by atoms with Gasteiger partial charge in [0.2, 0.25) is 5.91 Å². The largest absolute Gasteiger partial charge is 0.480 e. The number of alkyl carbamates (subject to hydrolysis) is 1. The summed E-state index contributed by atoms with van der Waals surface area (Å²) in [6, 6.07) is 14.3. The zero-order valence-electron chi connectivity index (χ0n) is 18.5. The highest BCUT2D eigenvalue weighted by molar-refractivity contribution is 5.89. The summed E-state index contributed by atoms with van der Waals surface area (Å²) in [5, 5.41) is 14.4. The Labute approximate surface area is 188 Å². The summed E-state index contributed by atoms with van der Waals surface area (Å²) in [7, 11) is 0. The molecule has 0 bridgehead atoms. The number of nitrogens with one attached hydrogen (secondary N) is 2. The van der Waals surface area contributed by atoms with Crippen LogP contribution in [0.25, 0.3) is 11.1 Å². The van der Waals surface area contributed by atoms with Gasteiger partial charge in [-0.1, -0.05) is 75.2 Å². The summed E-state index contributed by atoms with van der Waals surface area (Å²) >= 11 is 0. The molecule has 2 atom stereocenters. The van der Waals surface area contributed by atoms with Crippen LogP contribution in [0.15, 0.2) is 48.5 Å². The van der Waals surface area contributed by atoms with Gasteiger partial charge in [-0.15, -0.1) is 0 Å². The van der Waals surface area contributed by atoms with Crippen LogP contribution < -0.4 is 10.6 Å². The number of unbranched alkanes of at least 4 members (excludes halogenated alkanes) is 1. The predicted octanol–water partition coefficient (Wildman–Crippen LogP) is 4.06. The molecular weight excluding hydrogens is 408 g/mol. The lowest BCUT2D eigenvalue weighted by Gasteiger charge is -2.21. The van der Waals surface area contributed by atoms with Gasteiger partial charge in [0, 0.05) is 5.92 Å². The zero-order valence-corrected chi connectivity index (χ0v) is 18.5. The van der Waals surface area contributed by atoms with E-state index in [1.165, 1.54) is 0 Å². The van der Waals surface area contributed by atoms with Crippen molar-refractivity contribution in [3.63, 3.8) is 0 Å². The van der Waals surface area contributed by atoms with Crippen LogP contribution in [0.2, 0.25) is 0 Å². The number of hydrogen-bond acceptors (Lipinski definition) is 4. The number of hydrogen-bond donors (Lipinski definition) is 3. The molecule has 0 aromatic heterocycles. The number of fused-ring (bicyclic) bond motifs is 3. The summed E-state index contributed by atoms with van der Waals surface area (Å²) in [5.41, 5.74) is 4.47. The smallest absolute Gasteiger partial charge is 0.407 e. The zero-order chi connectivity index (χ0) is 23.1. The highest BCUT2D eigenvalue weighted by Crippen LogP contribution is 2.44. The van der Waals surface area contributed by atoms with E-state index < -0.39 is 30.1 Å². The van der Waals surface area contributed by atoms with Crippen molar-refractivity contribution in [3.8, 4) is 11.1 Å². The fourth-order valence-electron chi connectivity index (χ4n) is 4.07. The molecular formula is C25H30N2O5. The normalized spacial score (nSPS) is 14.1. The highest BCUT2D eigenvalue weighted by Gasteiger charge is 2.30. The van der Waals surface area contributed by atoms with Crippen LogP contribution in [-0.2, 0) is 14.3 Å². The van der Waals surface area contributed by atoms with E-state index in [2.05, 4.69) is 22.8 Å². The summed E-state index contributed by atoms with van der Waals surface area (Å²) in [4.78, 5) is 36.4. The SMILES string of the molecule is CCCC[C@H](NC(=O)[C@H](CC)NC(=O)OCC1c2ccccc2-c2ccccc21)C(=O)O. The molecule has 0 heterocycles. The summed E-state index contributed by atoms with van der Waals surface area (Å²) < 4.78 is 5.49. The molecule has 1 aliphatic rings. The molecule has 0 fully saturated rings. The van der Waals surface area contributed by atoms with Gasteiger partial charge in [-0.05, 0) is 35.1 Å². The third-order valence-corrected chi connectivity index (χ3v) is 5.82. The molecule has 2 amide bonds. The van der Waals surface area contributed by atoms with Crippen LogP contribution in [0.1, 0.15) is 56.6 Å². The van der Waals surface area contributed by atoms with Crippen molar-refractivity contribution < 1.29 is 24.2 Å². The van der Waals surface area contributed by atoms with Gasteiger partial charge in [0.1, 0.15) is 18.7 Å². The second-order valence-electron chi connectivity index (χ2n) is 7.97. The number of amides is 2. The maximum atomic E-state index is 12.5. The van der Waals surface area contributed by atoms with Crippen molar-refractivity contribution in [3.05, 3.63) is 59.7 Å². The molecule has 170 valence electrons. The Morgan fingerprint density at radius 1 is 0.938 bits per heavy atom. The maximum absolute atomic E-state index is 12.5. The summed E-state index contributed by atoms with van der Waals surface area (Å²) in [6.45, 7) is 3.84. The highest BCUT2D eigenvalue weighted by atomic mass is 16.5. The Hall–Kier alpha value is -3.35. The Balaban J connectivity index is 1.60. The average Bonchev–Trinajstić information content (AvgIpc) is 3.12. The van der Waals surface area contributed by atoms with Gasteiger partial charge in [0.15, 0.2) is 0 Å². The molecule has 0 unspecified atom stereocenters. The predicted molar refractivity (Wildman–Crippen MR) is 121 cm³/mol. The maximum Gasteiger partial charge on any atom is 0.407 e. The van der Waals surface area contributed by atoms with E-state index in [1.54, 1.807) is 6.92 Å². The second kappa shape index (κ2) is 10.8. The molecule has 2 aromatic rings. The average molecular weight is 439 g/mol. The number of carbonyl (C=O) groups is 3. The fourth-order valence-corrected chi connectivity index (χ4v) is 4.07. The Kier molecular flexibility index (Phi) is 7.87. The van der Waals surface area contributed by atoms with Crippen molar-refractivity contribution in [2.24, 2.45) is 0 Å². The first-order valence-electron chi connectivity index (χ1n) is 11.1. The Morgan fingerprint density at radius 2 is 1.53 bits per heavy atom. The second-order valence-corrected chi connectivity index (χ2v) is 7.97. The summed E-state index contributed by atoms with van der Waals surface area (Å²) in [5.74, 6) is -1.68. The number of rotatable bonds is 10. The number of carboxylic acids is 1. The van der Waals surface area contributed by atoms with Gasteiger partial charge in [-0.3, -0.25) is 4.79 Å². The standard InChI is InChI=1S/C25H30N2O5/c1-3-5-14-22(24(29)30)26-23(28)21(4-2)27-25(31)32-15-20-18-12-8-6-10-16(18)17-11-7-9-13-19(17)20/h6-13,20-22H,3-5,14-15H2,1-2H3,(H,26,28)(H,27,31)(H,29,30)/t21-,22-/m0/s1. The lowest BCUT2D eigenvalue weighted by molar-refractivity contribution is -0.142. The van der Waals surface area contributed by atoms with E-state index in [0.717, 1.165) is 28.7 Å². The van der Waals surface area contributed by atoms with Gasteiger partial charge < -0.3 is 20.5 Å². The van der Waals surface area contributed by atoms with Crippen LogP contribution >= 0.6 is 0 Å². The first-order valence-corrected chi connectivity index (χ1v) is 11.1. The van der Waals surface area contributed by atoms with E-state index in [-0.39, 0.29) is 12.5 Å². The molecule has 0 saturated heterocycles. The minimum Gasteiger partial charge on any atom is -0.480 e. The van der Waals surface area contributed by atoms with E-state index in [1.807, 2.05) is 43.3 Å². The van der Waals surface area contributed by atoms with Crippen LogP contribution in [0.4, 0.5) is 4.79 Å². The molecule has 0 radical (unpaired) electrons. The summed E-state index contributed by atoms with van der Waals surface area (Å²) in [6.07, 6.45) is 1.48. The van der Waals surface area contributed by atoms with Gasteiger partial charge in [0.25, 0.3) is 0 Å². The van der Waals surface area contributed by atoms with Gasteiger partial charge in [-0.2, -0.15) is 0 Å². The van der Waals surface area contributed by atoms with Gasteiger partial charge in [0.05, 0.1) is 0 Å². The molecule has 1 aliphatic carbocycles. The number of carboxylic acid groups (broad SMARTS) is 1. The third kappa shape index (κ3) is 5.28. The number of carbonyl (C=O) groups excluding carboxylic acids is 2. The van der Waals surface area contributed by atoms with Crippen molar-refractivity contribution in [1.29, 1.82) is 0 Å². The van der Waals surface area contributed by atoms with Gasteiger partial charge >= 0.3 is 12.1 Å². The van der Waals surface area contributed by atoms with E-state index in [9.17, 15) is 19.5 Å². The fraction of sp³-hybridized carbons (Fsp3) is 0.400. The van der Waals surface area contributed by atoms with Crippen LogP contribution in [0.5, 0.6) is 0 Å². The van der Waals surface area contributed by atoms with E-state index in [0.29, 0.717) is 19.3 Å². The third-order valence-electron chi connectivity index (χ3n) is 5.82. The van der Waals surface area contributed by atoms with E-state index in [4.69, 9.17) is 4.74 Å². The van der Waals surface area contributed by atoms with Crippen molar-refractivity contribution >= 4 is 18.0 Å². The molecule has 32 heavy (non-hydrogen) atoms. The number of benzene rings is 2. The first kappa shape index (κ1) is 23.3.